The van der Waals surface area contributed by atoms with E-state index in [1.165, 1.54) is 6.07 Å². The average Bonchev–Trinajstić information content (AvgIpc) is 2.35. The van der Waals surface area contributed by atoms with Crippen LogP contribution in [0.4, 0.5) is 4.39 Å². The van der Waals surface area contributed by atoms with E-state index >= 15 is 0 Å². The molecule has 0 fully saturated rings. The van der Waals surface area contributed by atoms with E-state index in [1.807, 2.05) is 13.0 Å². The molecule has 0 heterocycles. The first-order valence-corrected chi connectivity index (χ1v) is 6.64. The van der Waals surface area contributed by atoms with Crippen LogP contribution in [0, 0.1) is 11.7 Å². The Kier molecular flexibility index (Phi) is 6.30. The highest BCUT2D eigenvalue weighted by Crippen LogP contribution is 2.09. The third-order valence-electron chi connectivity index (χ3n) is 3.44. The molecule has 0 aromatic heterocycles. The van der Waals surface area contributed by atoms with Gasteiger partial charge in [-0.05, 0) is 50.3 Å². The van der Waals surface area contributed by atoms with Crippen LogP contribution >= 0.6 is 0 Å². The van der Waals surface area contributed by atoms with Crippen LogP contribution in [-0.4, -0.2) is 23.8 Å². The molecule has 0 radical (unpaired) electrons. The van der Waals surface area contributed by atoms with Crippen LogP contribution in [-0.2, 0) is 6.42 Å². The third-order valence-corrected chi connectivity index (χ3v) is 3.44. The van der Waals surface area contributed by atoms with Crippen LogP contribution < -0.4 is 5.32 Å². The number of halogens is 1. The Morgan fingerprint density at radius 3 is 2.61 bits per heavy atom. The fourth-order valence-corrected chi connectivity index (χ4v) is 1.93. The summed E-state index contributed by atoms with van der Waals surface area (Å²) >= 11 is 0. The van der Waals surface area contributed by atoms with E-state index in [2.05, 4.69) is 19.2 Å². The highest BCUT2D eigenvalue weighted by Gasteiger charge is 2.13. The minimum absolute atomic E-state index is 0.171. The predicted octanol–water partition coefficient (Wildman–Crippen LogP) is 2.75. The van der Waals surface area contributed by atoms with Gasteiger partial charge in [0.15, 0.2) is 0 Å². The Balaban J connectivity index is 2.35. The molecule has 2 N–H and O–H groups in total. The molecule has 1 rings (SSSR count). The molecule has 3 unspecified atom stereocenters. The quantitative estimate of drug-likeness (QED) is 0.783. The van der Waals surface area contributed by atoms with Crippen LogP contribution in [0.2, 0.25) is 0 Å². The lowest BCUT2D eigenvalue weighted by Crippen LogP contribution is -2.40. The van der Waals surface area contributed by atoms with Crippen molar-refractivity contribution in [3.8, 4) is 0 Å². The predicted molar refractivity (Wildman–Crippen MR) is 73.0 cm³/mol. The van der Waals surface area contributed by atoms with Gasteiger partial charge in [-0.15, -0.1) is 0 Å². The molecule has 0 aliphatic heterocycles. The van der Waals surface area contributed by atoms with Gasteiger partial charge < -0.3 is 10.4 Å². The number of rotatable bonds is 7. The van der Waals surface area contributed by atoms with Gasteiger partial charge >= 0.3 is 0 Å². The van der Waals surface area contributed by atoms with E-state index in [1.54, 1.807) is 12.1 Å². The SMILES string of the molecule is CC(CCc1cccc(F)c1)NC(C)C(C)CO. The van der Waals surface area contributed by atoms with Crippen LogP contribution in [0.15, 0.2) is 24.3 Å². The van der Waals surface area contributed by atoms with Crippen molar-refractivity contribution in [2.24, 2.45) is 5.92 Å². The van der Waals surface area contributed by atoms with Crippen molar-refractivity contribution in [2.75, 3.05) is 6.61 Å². The van der Waals surface area contributed by atoms with Crippen molar-refractivity contribution >= 4 is 0 Å². The maximum absolute atomic E-state index is 13.0. The lowest BCUT2D eigenvalue weighted by Gasteiger charge is -2.24. The summed E-state index contributed by atoms with van der Waals surface area (Å²) in [6.07, 6.45) is 1.83. The van der Waals surface area contributed by atoms with Crippen LogP contribution in [0.3, 0.4) is 0 Å². The summed E-state index contributed by atoms with van der Waals surface area (Å²) in [6, 6.07) is 7.41. The number of aryl methyl sites for hydroxylation is 1. The topological polar surface area (TPSA) is 32.3 Å². The molecule has 0 aliphatic carbocycles. The number of hydrogen-bond acceptors (Lipinski definition) is 2. The summed E-state index contributed by atoms with van der Waals surface area (Å²) in [7, 11) is 0. The second-order valence-electron chi connectivity index (χ2n) is 5.18. The lowest BCUT2D eigenvalue weighted by molar-refractivity contribution is 0.201. The van der Waals surface area contributed by atoms with Gasteiger partial charge in [-0.25, -0.2) is 4.39 Å². The molecule has 1 aromatic rings. The molecule has 3 heteroatoms. The van der Waals surface area contributed by atoms with Gasteiger partial charge in [0.2, 0.25) is 0 Å². The number of aliphatic hydroxyl groups is 1. The van der Waals surface area contributed by atoms with Gasteiger partial charge in [0.05, 0.1) is 0 Å². The van der Waals surface area contributed by atoms with Crippen LogP contribution in [0.1, 0.15) is 32.8 Å². The van der Waals surface area contributed by atoms with E-state index in [0.717, 1.165) is 18.4 Å². The van der Waals surface area contributed by atoms with Crippen LogP contribution in [0.25, 0.3) is 0 Å². The first-order valence-electron chi connectivity index (χ1n) is 6.64. The Hall–Kier alpha value is -0.930. The number of aliphatic hydroxyl groups excluding tert-OH is 1. The summed E-state index contributed by atoms with van der Waals surface area (Å²) in [5.74, 6) is 0.0806. The molecule has 3 atom stereocenters. The standard InChI is InChI=1S/C15H24FNO/c1-11(10-18)13(3)17-12(2)7-8-14-5-4-6-15(16)9-14/h4-6,9,11-13,17-18H,7-8,10H2,1-3H3. The first-order chi connectivity index (χ1) is 8.52. The van der Waals surface area contributed by atoms with Crippen LogP contribution in [0.5, 0.6) is 0 Å². The Morgan fingerprint density at radius 2 is 2.00 bits per heavy atom. The minimum Gasteiger partial charge on any atom is -0.396 e. The molecule has 0 saturated heterocycles. The van der Waals surface area contributed by atoms with Crippen molar-refractivity contribution in [3.63, 3.8) is 0 Å². The maximum atomic E-state index is 13.0. The van der Waals surface area contributed by atoms with Gasteiger partial charge in [0.25, 0.3) is 0 Å². The second kappa shape index (κ2) is 7.49. The molecular formula is C15H24FNO. The van der Waals surface area contributed by atoms with E-state index < -0.39 is 0 Å². The Labute approximate surface area is 109 Å². The molecular weight excluding hydrogens is 229 g/mol. The van der Waals surface area contributed by atoms with E-state index in [9.17, 15) is 4.39 Å². The summed E-state index contributed by atoms with van der Waals surface area (Å²) < 4.78 is 13.0. The zero-order valence-corrected chi connectivity index (χ0v) is 11.5. The van der Waals surface area contributed by atoms with Gasteiger partial charge in [-0.2, -0.15) is 0 Å². The smallest absolute Gasteiger partial charge is 0.123 e. The number of hydrogen-bond donors (Lipinski definition) is 2. The molecule has 18 heavy (non-hydrogen) atoms. The number of benzene rings is 1. The second-order valence-corrected chi connectivity index (χ2v) is 5.18. The zero-order chi connectivity index (χ0) is 13.5. The summed E-state index contributed by atoms with van der Waals surface area (Å²) in [6.45, 7) is 6.43. The summed E-state index contributed by atoms with van der Waals surface area (Å²) in [5.41, 5.74) is 1.03. The van der Waals surface area contributed by atoms with Crippen molar-refractivity contribution in [1.82, 2.24) is 5.32 Å². The average molecular weight is 253 g/mol. The van der Waals surface area contributed by atoms with E-state index in [0.29, 0.717) is 6.04 Å². The summed E-state index contributed by atoms with van der Waals surface area (Å²) in [4.78, 5) is 0. The van der Waals surface area contributed by atoms with Gasteiger partial charge in [0.1, 0.15) is 5.82 Å². The van der Waals surface area contributed by atoms with Crippen molar-refractivity contribution in [1.29, 1.82) is 0 Å². The third kappa shape index (κ3) is 5.15. The van der Waals surface area contributed by atoms with Gasteiger partial charge in [-0.1, -0.05) is 19.1 Å². The Morgan fingerprint density at radius 1 is 1.28 bits per heavy atom. The lowest BCUT2D eigenvalue weighted by atomic mass is 10.0. The maximum Gasteiger partial charge on any atom is 0.123 e. The first kappa shape index (κ1) is 15.1. The van der Waals surface area contributed by atoms with E-state index in [4.69, 9.17) is 5.11 Å². The van der Waals surface area contributed by atoms with Gasteiger partial charge in [0, 0.05) is 18.7 Å². The highest BCUT2D eigenvalue weighted by atomic mass is 19.1. The molecule has 0 amide bonds. The molecule has 0 aliphatic rings. The van der Waals surface area contributed by atoms with Crippen molar-refractivity contribution in [2.45, 2.75) is 45.7 Å². The van der Waals surface area contributed by atoms with Gasteiger partial charge in [-0.3, -0.25) is 0 Å². The molecule has 0 saturated carbocycles. The highest BCUT2D eigenvalue weighted by molar-refractivity contribution is 5.16. The normalized spacial score (nSPS) is 16.3. The number of nitrogens with one attached hydrogen (secondary N) is 1. The molecule has 1 aromatic carbocycles. The zero-order valence-electron chi connectivity index (χ0n) is 11.5. The monoisotopic (exact) mass is 253 g/mol. The molecule has 0 bridgehead atoms. The van der Waals surface area contributed by atoms with Crippen molar-refractivity contribution in [3.05, 3.63) is 35.6 Å². The largest absolute Gasteiger partial charge is 0.396 e. The Bertz CT molecular complexity index is 356. The summed E-state index contributed by atoms with van der Waals surface area (Å²) in [5, 5.41) is 12.5. The van der Waals surface area contributed by atoms with E-state index in [-0.39, 0.29) is 24.4 Å². The molecule has 2 nitrogen and oxygen atoms in total. The van der Waals surface area contributed by atoms with Crippen molar-refractivity contribution < 1.29 is 9.50 Å². The molecule has 0 spiro atoms. The minimum atomic E-state index is -0.171. The fraction of sp³-hybridized carbons (Fsp3) is 0.600. The fourth-order valence-electron chi connectivity index (χ4n) is 1.93. The molecule has 102 valence electrons.